The number of rotatable bonds is 9. The van der Waals surface area contributed by atoms with Crippen molar-refractivity contribution in [3.8, 4) is 5.75 Å². The van der Waals surface area contributed by atoms with Gasteiger partial charge in [-0.3, -0.25) is 9.59 Å². The summed E-state index contributed by atoms with van der Waals surface area (Å²) in [6.45, 7) is -0.146. The SMILES string of the molecule is COc1cccc(NC(=O)CSc2ncc(CO)n2CC(=O)NC2CC2)c1. The van der Waals surface area contributed by atoms with Crippen molar-refractivity contribution in [1.29, 1.82) is 0 Å². The number of nitrogens with one attached hydrogen (secondary N) is 2. The van der Waals surface area contributed by atoms with E-state index in [4.69, 9.17) is 4.74 Å². The summed E-state index contributed by atoms with van der Waals surface area (Å²) in [5, 5.41) is 15.7. The quantitative estimate of drug-likeness (QED) is 0.559. The Balaban J connectivity index is 1.58. The fourth-order valence-corrected chi connectivity index (χ4v) is 3.27. The predicted molar refractivity (Wildman–Crippen MR) is 102 cm³/mol. The molecule has 1 fully saturated rings. The lowest BCUT2D eigenvalue weighted by Crippen LogP contribution is -2.30. The number of hydrogen-bond donors (Lipinski definition) is 3. The number of hydrogen-bond acceptors (Lipinski definition) is 6. The maximum atomic E-state index is 12.2. The number of anilines is 1. The number of ether oxygens (including phenoxy) is 1. The van der Waals surface area contributed by atoms with Gasteiger partial charge in [-0.15, -0.1) is 0 Å². The first-order chi connectivity index (χ1) is 13.1. The Kier molecular flexibility index (Phi) is 6.36. The molecule has 1 aromatic heterocycles. The van der Waals surface area contributed by atoms with Crippen LogP contribution in [0, 0.1) is 0 Å². The zero-order valence-corrected chi connectivity index (χ0v) is 15.8. The third-order valence-corrected chi connectivity index (χ3v) is 4.98. The van der Waals surface area contributed by atoms with Gasteiger partial charge < -0.3 is 25.0 Å². The van der Waals surface area contributed by atoms with E-state index in [1.54, 1.807) is 35.9 Å². The molecule has 1 aliphatic carbocycles. The number of imidazole rings is 1. The van der Waals surface area contributed by atoms with Crippen molar-refractivity contribution in [3.63, 3.8) is 0 Å². The summed E-state index contributed by atoms with van der Waals surface area (Å²) in [5.74, 6) is 0.470. The van der Waals surface area contributed by atoms with Crippen molar-refractivity contribution >= 4 is 29.3 Å². The molecule has 0 radical (unpaired) electrons. The standard InChI is InChI=1S/C18H22N4O4S/c1-26-15-4-2-3-13(7-15)21-17(25)11-27-18-19-8-14(10-23)22(18)9-16(24)20-12-5-6-12/h2-4,7-8,12,23H,5-6,9-11H2,1H3,(H,20,24)(H,21,25). The number of thioether (sulfide) groups is 1. The monoisotopic (exact) mass is 390 g/mol. The van der Waals surface area contributed by atoms with Crippen molar-refractivity contribution < 1.29 is 19.4 Å². The van der Waals surface area contributed by atoms with E-state index in [1.165, 1.54) is 18.0 Å². The normalized spacial score (nSPS) is 13.3. The second-order valence-corrected chi connectivity index (χ2v) is 7.13. The van der Waals surface area contributed by atoms with Crippen LogP contribution >= 0.6 is 11.8 Å². The van der Waals surface area contributed by atoms with E-state index in [9.17, 15) is 14.7 Å². The lowest BCUT2D eigenvalue weighted by molar-refractivity contribution is -0.122. The van der Waals surface area contributed by atoms with Gasteiger partial charge in [-0.25, -0.2) is 4.98 Å². The Morgan fingerprint density at radius 2 is 2.19 bits per heavy atom. The minimum absolute atomic E-state index is 0.0756. The molecule has 27 heavy (non-hydrogen) atoms. The fourth-order valence-electron chi connectivity index (χ4n) is 2.48. The summed E-state index contributed by atoms with van der Waals surface area (Å²) < 4.78 is 6.77. The van der Waals surface area contributed by atoms with Crippen molar-refractivity contribution in [2.75, 3.05) is 18.2 Å². The predicted octanol–water partition coefficient (Wildman–Crippen LogP) is 1.39. The molecule has 0 unspecified atom stereocenters. The molecule has 1 heterocycles. The van der Waals surface area contributed by atoms with Crippen LogP contribution in [-0.4, -0.2) is 45.4 Å². The van der Waals surface area contributed by atoms with Crippen LogP contribution < -0.4 is 15.4 Å². The van der Waals surface area contributed by atoms with Gasteiger partial charge in [0.15, 0.2) is 5.16 Å². The van der Waals surface area contributed by atoms with Crippen LogP contribution in [0.1, 0.15) is 18.5 Å². The lowest BCUT2D eigenvalue weighted by atomic mass is 10.3. The van der Waals surface area contributed by atoms with Gasteiger partial charge in [-0.05, 0) is 25.0 Å². The molecule has 0 aliphatic heterocycles. The first kappa shape index (κ1) is 19.2. The van der Waals surface area contributed by atoms with Gasteiger partial charge >= 0.3 is 0 Å². The van der Waals surface area contributed by atoms with Crippen LogP contribution in [0.15, 0.2) is 35.6 Å². The summed E-state index contributed by atoms with van der Waals surface area (Å²) >= 11 is 1.21. The van der Waals surface area contributed by atoms with Gasteiger partial charge in [0.2, 0.25) is 11.8 Å². The number of amides is 2. The topological polar surface area (TPSA) is 105 Å². The van der Waals surface area contributed by atoms with E-state index < -0.39 is 0 Å². The van der Waals surface area contributed by atoms with Crippen LogP contribution in [-0.2, 0) is 22.7 Å². The zero-order valence-electron chi connectivity index (χ0n) is 15.0. The molecule has 3 rings (SSSR count). The molecule has 1 saturated carbocycles. The van der Waals surface area contributed by atoms with Gasteiger partial charge in [0.25, 0.3) is 0 Å². The van der Waals surface area contributed by atoms with Gasteiger partial charge in [0, 0.05) is 17.8 Å². The third kappa shape index (κ3) is 5.48. The minimum atomic E-state index is -0.222. The Bertz CT molecular complexity index is 819. The molecule has 0 atom stereocenters. The molecule has 3 N–H and O–H groups in total. The van der Waals surface area contributed by atoms with Gasteiger partial charge in [0.1, 0.15) is 12.3 Å². The number of nitrogens with zero attached hydrogens (tertiary/aromatic N) is 2. The molecule has 2 amide bonds. The van der Waals surface area contributed by atoms with E-state index in [1.807, 2.05) is 0 Å². The van der Waals surface area contributed by atoms with Gasteiger partial charge in [-0.1, -0.05) is 17.8 Å². The van der Waals surface area contributed by atoms with Crippen LogP contribution in [0.4, 0.5) is 5.69 Å². The second kappa shape index (κ2) is 8.92. The molecule has 0 spiro atoms. The Labute approximate surface area is 161 Å². The summed E-state index contributed by atoms with van der Waals surface area (Å²) in [7, 11) is 1.56. The highest BCUT2D eigenvalue weighted by atomic mass is 32.2. The van der Waals surface area contributed by atoms with Crippen LogP contribution in [0.3, 0.4) is 0 Å². The maximum absolute atomic E-state index is 12.2. The minimum Gasteiger partial charge on any atom is -0.497 e. The summed E-state index contributed by atoms with van der Waals surface area (Å²) in [6.07, 6.45) is 3.54. The molecule has 0 saturated heterocycles. The molecule has 0 bridgehead atoms. The zero-order chi connectivity index (χ0) is 19.2. The Morgan fingerprint density at radius 1 is 1.37 bits per heavy atom. The average Bonchev–Trinajstić information content (AvgIpc) is 3.39. The van der Waals surface area contributed by atoms with Crippen LogP contribution in [0.25, 0.3) is 0 Å². The molecule has 8 nitrogen and oxygen atoms in total. The molecule has 9 heteroatoms. The highest BCUT2D eigenvalue weighted by molar-refractivity contribution is 7.99. The Morgan fingerprint density at radius 3 is 2.89 bits per heavy atom. The molecule has 1 aliphatic rings. The summed E-state index contributed by atoms with van der Waals surface area (Å²) in [5.41, 5.74) is 1.18. The summed E-state index contributed by atoms with van der Waals surface area (Å²) in [4.78, 5) is 28.5. The summed E-state index contributed by atoms with van der Waals surface area (Å²) in [6, 6.07) is 7.36. The number of aliphatic hydroxyl groups is 1. The number of carbonyl (C=O) groups is 2. The second-order valence-electron chi connectivity index (χ2n) is 6.19. The molecular formula is C18H22N4O4S. The van der Waals surface area contributed by atoms with Crippen molar-refractivity contribution in [3.05, 3.63) is 36.2 Å². The van der Waals surface area contributed by atoms with Crippen molar-refractivity contribution in [1.82, 2.24) is 14.9 Å². The Hall–Kier alpha value is -2.52. The molecule has 2 aromatic rings. The smallest absolute Gasteiger partial charge is 0.240 e. The lowest BCUT2D eigenvalue weighted by Gasteiger charge is -2.11. The first-order valence-electron chi connectivity index (χ1n) is 8.60. The number of benzene rings is 1. The average molecular weight is 390 g/mol. The van der Waals surface area contributed by atoms with Gasteiger partial charge in [-0.2, -0.15) is 0 Å². The highest BCUT2D eigenvalue weighted by Crippen LogP contribution is 2.22. The highest BCUT2D eigenvalue weighted by Gasteiger charge is 2.24. The fraction of sp³-hybridized carbons (Fsp3) is 0.389. The van der Waals surface area contributed by atoms with Crippen LogP contribution in [0.2, 0.25) is 0 Å². The van der Waals surface area contributed by atoms with Crippen LogP contribution in [0.5, 0.6) is 5.75 Å². The first-order valence-corrected chi connectivity index (χ1v) is 9.59. The molecule has 144 valence electrons. The molecule has 1 aromatic carbocycles. The van der Waals surface area contributed by atoms with E-state index in [0.29, 0.717) is 22.3 Å². The van der Waals surface area contributed by atoms with E-state index in [0.717, 1.165) is 12.8 Å². The molecular weight excluding hydrogens is 368 g/mol. The van der Waals surface area contributed by atoms with E-state index >= 15 is 0 Å². The maximum Gasteiger partial charge on any atom is 0.240 e. The van der Waals surface area contributed by atoms with E-state index in [2.05, 4.69) is 15.6 Å². The number of methoxy groups -OCH3 is 1. The van der Waals surface area contributed by atoms with Crippen molar-refractivity contribution in [2.24, 2.45) is 0 Å². The van der Waals surface area contributed by atoms with Gasteiger partial charge in [0.05, 0.1) is 31.4 Å². The van der Waals surface area contributed by atoms with E-state index in [-0.39, 0.29) is 36.8 Å². The number of carbonyl (C=O) groups excluding carboxylic acids is 2. The largest absolute Gasteiger partial charge is 0.497 e. The van der Waals surface area contributed by atoms with Crippen molar-refractivity contribution in [2.45, 2.75) is 37.2 Å². The number of aliphatic hydroxyl groups excluding tert-OH is 1. The third-order valence-electron chi connectivity index (χ3n) is 3.99. The number of aromatic nitrogens is 2.